The van der Waals surface area contributed by atoms with Crippen molar-refractivity contribution < 1.29 is 4.74 Å². The second-order valence-corrected chi connectivity index (χ2v) is 5.56. The minimum Gasteiger partial charge on any atom is -0.381 e. The zero-order valence-corrected chi connectivity index (χ0v) is 10.3. The molecule has 0 aromatic rings. The molecule has 1 heterocycles. The summed E-state index contributed by atoms with van der Waals surface area (Å²) in [6.07, 6.45) is 9.62. The second kappa shape index (κ2) is 6.10. The van der Waals surface area contributed by atoms with Gasteiger partial charge < -0.3 is 4.74 Å². The largest absolute Gasteiger partial charge is 0.381 e. The third-order valence-electron chi connectivity index (χ3n) is 4.24. The van der Waals surface area contributed by atoms with Crippen molar-refractivity contribution in [3.8, 4) is 0 Å². The molecule has 0 radical (unpaired) electrons. The summed E-state index contributed by atoms with van der Waals surface area (Å²) in [5.74, 6) is 3.49. The quantitative estimate of drug-likeness (QED) is 0.667. The molecule has 0 bridgehead atoms. The van der Waals surface area contributed by atoms with Gasteiger partial charge in [-0.15, -0.1) is 11.6 Å². The Balaban J connectivity index is 1.78. The fraction of sp³-hybridized carbons (Fsp3) is 1.00. The van der Waals surface area contributed by atoms with E-state index in [2.05, 4.69) is 0 Å². The average molecular weight is 231 g/mol. The minimum absolute atomic E-state index is 0.789. The fourth-order valence-corrected chi connectivity index (χ4v) is 3.60. The lowest BCUT2D eigenvalue weighted by Gasteiger charge is -2.28. The SMILES string of the molecule is ClCC(CC1CCOCC1)C1CCCC1. The highest BCUT2D eigenvalue weighted by Crippen LogP contribution is 2.37. The lowest BCUT2D eigenvalue weighted by Crippen LogP contribution is -2.22. The van der Waals surface area contributed by atoms with Crippen LogP contribution in [0.2, 0.25) is 0 Å². The van der Waals surface area contributed by atoms with Crippen molar-refractivity contribution in [3.63, 3.8) is 0 Å². The topological polar surface area (TPSA) is 9.23 Å². The lowest BCUT2D eigenvalue weighted by atomic mass is 9.82. The summed E-state index contributed by atoms with van der Waals surface area (Å²) < 4.78 is 5.41. The van der Waals surface area contributed by atoms with Gasteiger partial charge in [0.2, 0.25) is 0 Å². The van der Waals surface area contributed by atoms with Crippen LogP contribution in [-0.2, 0) is 4.74 Å². The van der Waals surface area contributed by atoms with E-state index in [-0.39, 0.29) is 0 Å². The zero-order chi connectivity index (χ0) is 10.5. The van der Waals surface area contributed by atoms with Gasteiger partial charge in [0.05, 0.1) is 0 Å². The van der Waals surface area contributed by atoms with Crippen molar-refractivity contribution in [2.24, 2.45) is 17.8 Å². The molecule has 88 valence electrons. The van der Waals surface area contributed by atoms with E-state index in [0.717, 1.165) is 36.8 Å². The molecular weight excluding hydrogens is 208 g/mol. The summed E-state index contributed by atoms with van der Waals surface area (Å²) in [5.41, 5.74) is 0. The van der Waals surface area contributed by atoms with Crippen LogP contribution in [0.5, 0.6) is 0 Å². The summed E-state index contributed by atoms with van der Waals surface area (Å²) in [5, 5.41) is 0. The van der Waals surface area contributed by atoms with Crippen LogP contribution < -0.4 is 0 Å². The Kier molecular flexibility index (Phi) is 4.77. The van der Waals surface area contributed by atoms with Gasteiger partial charge in [-0.3, -0.25) is 0 Å². The van der Waals surface area contributed by atoms with E-state index in [1.165, 1.54) is 44.9 Å². The van der Waals surface area contributed by atoms with Crippen LogP contribution in [0, 0.1) is 17.8 Å². The highest BCUT2D eigenvalue weighted by atomic mass is 35.5. The average Bonchev–Trinajstić information content (AvgIpc) is 2.81. The van der Waals surface area contributed by atoms with E-state index in [1.54, 1.807) is 0 Å². The summed E-state index contributed by atoms with van der Waals surface area (Å²) in [6.45, 7) is 1.95. The van der Waals surface area contributed by atoms with Crippen molar-refractivity contribution in [3.05, 3.63) is 0 Å². The summed E-state index contributed by atoms with van der Waals surface area (Å²) >= 11 is 6.14. The van der Waals surface area contributed by atoms with Crippen LogP contribution in [0.15, 0.2) is 0 Å². The van der Waals surface area contributed by atoms with E-state index in [9.17, 15) is 0 Å². The van der Waals surface area contributed by atoms with Gasteiger partial charge >= 0.3 is 0 Å². The van der Waals surface area contributed by atoms with Gasteiger partial charge in [-0.25, -0.2) is 0 Å². The molecule has 0 spiro atoms. The molecule has 1 nitrogen and oxygen atoms in total. The van der Waals surface area contributed by atoms with E-state index < -0.39 is 0 Å². The number of ether oxygens (including phenoxy) is 1. The van der Waals surface area contributed by atoms with Crippen LogP contribution in [-0.4, -0.2) is 19.1 Å². The first-order valence-electron chi connectivity index (χ1n) is 6.54. The summed E-state index contributed by atoms with van der Waals surface area (Å²) in [6, 6.07) is 0. The second-order valence-electron chi connectivity index (χ2n) is 5.25. The molecule has 1 saturated carbocycles. The molecule has 2 aliphatic rings. The monoisotopic (exact) mass is 230 g/mol. The van der Waals surface area contributed by atoms with E-state index in [1.807, 2.05) is 0 Å². The standard InChI is InChI=1S/C13H23ClO/c14-10-13(12-3-1-2-4-12)9-11-5-7-15-8-6-11/h11-13H,1-10H2. The third-order valence-corrected chi connectivity index (χ3v) is 4.64. The van der Waals surface area contributed by atoms with Crippen molar-refractivity contribution in [1.29, 1.82) is 0 Å². The number of hydrogen-bond donors (Lipinski definition) is 0. The molecule has 0 aromatic heterocycles. The Morgan fingerprint density at radius 1 is 1.07 bits per heavy atom. The minimum atomic E-state index is 0.789. The lowest BCUT2D eigenvalue weighted by molar-refractivity contribution is 0.0563. The zero-order valence-electron chi connectivity index (χ0n) is 9.59. The molecule has 1 aliphatic heterocycles. The first-order chi connectivity index (χ1) is 7.40. The fourth-order valence-electron chi connectivity index (χ4n) is 3.22. The van der Waals surface area contributed by atoms with Crippen LogP contribution in [0.4, 0.5) is 0 Å². The Labute approximate surface area is 98.5 Å². The maximum absolute atomic E-state index is 6.14. The molecule has 0 N–H and O–H groups in total. The van der Waals surface area contributed by atoms with Gasteiger partial charge in [0.25, 0.3) is 0 Å². The van der Waals surface area contributed by atoms with Crippen molar-refractivity contribution in [1.82, 2.24) is 0 Å². The molecule has 2 rings (SSSR count). The summed E-state index contributed by atoms with van der Waals surface area (Å²) in [4.78, 5) is 0. The van der Waals surface area contributed by atoms with E-state index in [0.29, 0.717) is 0 Å². The Bertz CT molecular complexity index is 171. The predicted molar refractivity (Wildman–Crippen MR) is 64.3 cm³/mol. The highest BCUT2D eigenvalue weighted by molar-refractivity contribution is 6.18. The van der Waals surface area contributed by atoms with Gasteiger partial charge in [0, 0.05) is 19.1 Å². The van der Waals surface area contributed by atoms with Crippen LogP contribution in [0.3, 0.4) is 0 Å². The Morgan fingerprint density at radius 2 is 1.73 bits per heavy atom. The van der Waals surface area contributed by atoms with Gasteiger partial charge in [-0.2, -0.15) is 0 Å². The first kappa shape index (κ1) is 11.7. The first-order valence-corrected chi connectivity index (χ1v) is 7.07. The molecular formula is C13H23ClO. The van der Waals surface area contributed by atoms with Crippen molar-refractivity contribution in [2.45, 2.75) is 44.9 Å². The van der Waals surface area contributed by atoms with Crippen LogP contribution in [0.1, 0.15) is 44.9 Å². The van der Waals surface area contributed by atoms with Gasteiger partial charge in [0.1, 0.15) is 0 Å². The van der Waals surface area contributed by atoms with Crippen molar-refractivity contribution >= 4 is 11.6 Å². The molecule has 1 unspecified atom stereocenters. The van der Waals surface area contributed by atoms with Gasteiger partial charge in [-0.05, 0) is 37.0 Å². The molecule has 2 fully saturated rings. The number of rotatable bonds is 4. The molecule has 1 aliphatic carbocycles. The Morgan fingerprint density at radius 3 is 2.33 bits per heavy atom. The highest BCUT2D eigenvalue weighted by Gasteiger charge is 2.27. The number of alkyl halides is 1. The molecule has 0 aromatic carbocycles. The van der Waals surface area contributed by atoms with E-state index >= 15 is 0 Å². The van der Waals surface area contributed by atoms with Crippen LogP contribution in [0.25, 0.3) is 0 Å². The third kappa shape index (κ3) is 3.35. The molecule has 2 heteroatoms. The molecule has 15 heavy (non-hydrogen) atoms. The van der Waals surface area contributed by atoms with Gasteiger partial charge in [0.15, 0.2) is 0 Å². The number of hydrogen-bond acceptors (Lipinski definition) is 1. The predicted octanol–water partition coefficient (Wildman–Crippen LogP) is 3.85. The summed E-state index contributed by atoms with van der Waals surface area (Å²) in [7, 11) is 0. The molecule has 0 amide bonds. The molecule has 1 atom stereocenters. The maximum atomic E-state index is 6.14. The van der Waals surface area contributed by atoms with Crippen molar-refractivity contribution in [2.75, 3.05) is 19.1 Å². The number of halogens is 1. The maximum Gasteiger partial charge on any atom is 0.0468 e. The van der Waals surface area contributed by atoms with Gasteiger partial charge in [-0.1, -0.05) is 25.7 Å². The Hall–Kier alpha value is 0.250. The van der Waals surface area contributed by atoms with E-state index in [4.69, 9.17) is 16.3 Å². The smallest absolute Gasteiger partial charge is 0.0468 e. The normalized spacial score (nSPS) is 27.0. The van der Waals surface area contributed by atoms with Crippen LogP contribution >= 0.6 is 11.6 Å². The molecule has 1 saturated heterocycles.